The Hall–Kier alpha value is -1.42. The molecular formula is C13H13NO2S. The Labute approximate surface area is 104 Å². The summed E-state index contributed by atoms with van der Waals surface area (Å²) < 4.78 is 4.88. The molecule has 0 saturated carbocycles. The van der Waals surface area contributed by atoms with Gasteiger partial charge in [-0.05, 0) is 17.7 Å². The van der Waals surface area contributed by atoms with E-state index >= 15 is 0 Å². The second-order valence-corrected chi connectivity index (χ2v) is 5.46. The molecule has 3 nitrogen and oxygen atoms in total. The number of methoxy groups -OCH3 is 1. The van der Waals surface area contributed by atoms with Crippen LogP contribution >= 0.6 is 11.8 Å². The molecule has 3 rings (SSSR count). The number of ether oxygens (including phenoxy) is 1. The van der Waals surface area contributed by atoms with E-state index in [9.17, 15) is 4.79 Å². The first-order valence-corrected chi connectivity index (χ1v) is 6.45. The normalized spacial score (nSPS) is 22.7. The van der Waals surface area contributed by atoms with Crippen LogP contribution in [0.1, 0.15) is 18.4 Å². The van der Waals surface area contributed by atoms with E-state index in [-0.39, 0.29) is 17.1 Å². The molecule has 1 N–H and O–H groups in total. The van der Waals surface area contributed by atoms with Gasteiger partial charge in [0.05, 0.1) is 7.11 Å². The summed E-state index contributed by atoms with van der Waals surface area (Å²) in [6.45, 7) is 2.08. The number of aromatic amines is 1. The van der Waals surface area contributed by atoms with Gasteiger partial charge >= 0.3 is 5.97 Å². The lowest BCUT2D eigenvalue weighted by molar-refractivity contribution is -0.140. The Morgan fingerprint density at radius 3 is 3.06 bits per heavy atom. The van der Waals surface area contributed by atoms with Gasteiger partial charge in [0.25, 0.3) is 0 Å². The molecule has 2 heterocycles. The lowest BCUT2D eigenvalue weighted by atomic mass is 9.96. The van der Waals surface area contributed by atoms with Crippen LogP contribution in [0, 0.1) is 0 Å². The molecular weight excluding hydrogens is 234 g/mol. The van der Waals surface area contributed by atoms with Crippen LogP contribution in [0.5, 0.6) is 0 Å². The zero-order chi connectivity index (χ0) is 12.0. The average Bonchev–Trinajstić information content (AvgIpc) is 2.78. The zero-order valence-electron chi connectivity index (χ0n) is 9.69. The fourth-order valence-corrected chi connectivity index (χ4v) is 3.72. The van der Waals surface area contributed by atoms with Gasteiger partial charge in [0, 0.05) is 27.9 Å². The van der Waals surface area contributed by atoms with Gasteiger partial charge in [-0.1, -0.05) is 13.0 Å². The van der Waals surface area contributed by atoms with Crippen LogP contribution in [0.2, 0.25) is 0 Å². The molecule has 0 unspecified atom stereocenters. The number of nitrogens with one attached hydrogen (secondary N) is 1. The van der Waals surface area contributed by atoms with Crippen molar-refractivity contribution >= 4 is 28.6 Å². The number of rotatable bonds is 1. The van der Waals surface area contributed by atoms with Crippen molar-refractivity contribution in [3.8, 4) is 0 Å². The Bertz CT molecular complexity index is 590. The molecule has 1 aliphatic rings. The summed E-state index contributed by atoms with van der Waals surface area (Å²) >= 11 is 1.60. The maximum atomic E-state index is 11.8. The van der Waals surface area contributed by atoms with Crippen molar-refractivity contribution in [2.45, 2.75) is 23.0 Å². The van der Waals surface area contributed by atoms with Gasteiger partial charge in [-0.3, -0.25) is 4.79 Å². The molecule has 17 heavy (non-hydrogen) atoms. The number of thioether (sulfide) groups is 1. The van der Waals surface area contributed by atoms with Crippen molar-refractivity contribution in [1.29, 1.82) is 0 Å². The topological polar surface area (TPSA) is 42.1 Å². The van der Waals surface area contributed by atoms with Crippen molar-refractivity contribution in [1.82, 2.24) is 4.98 Å². The average molecular weight is 247 g/mol. The van der Waals surface area contributed by atoms with E-state index in [1.54, 1.807) is 11.8 Å². The summed E-state index contributed by atoms with van der Waals surface area (Å²) in [5.41, 5.74) is 2.35. The Morgan fingerprint density at radius 1 is 1.47 bits per heavy atom. The standard InChI is InChI=1S/C13H13NO2S/c1-7-8-6-14-9-4-3-5-10(11(8)9)17-12(7)13(15)16-2/h3-7,12,14H,1-2H3/t7-,12-/m1/s1. The molecule has 0 radical (unpaired) electrons. The molecule has 4 heteroatoms. The van der Waals surface area contributed by atoms with E-state index in [1.165, 1.54) is 18.1 Å². The highest BCUT2D eigenvalue weighted by Crippen LogP contribution is 2.45. The quantitative estimate of drug-likeness (QED) is 0.788. The number of esters is 1. The molecule has 1 aromatic carbocycles. The first-order valence-electron chi connectivity index (χ1n) is 5.57. The predicted octanol–water partition coefficient (Wildman–Crippen LogP) is 2.92. The number of benzene rings is 1. The number of hydrogen-bond acceptors (Lipinski definition) is 3. The van der Waals surface area contributed by atoms with Crippen LogP contribution in [-0.2, 0) is 9.53 Å². The smallest absolute Gasteiger partial charge is 0.319 e. The largest absolute Gasteiger partial charge is 0.468 e. The molecule has 1 aliphatic heterocycles. The molecule has 0 spiro atoms. The predicted molar refractivity (Wildman–Crippen MR) is 68.4 cm³/mol. The first-order chi connectivity index (χ1) is 8.22. The van der Waals surface area contributed by atoms with Crippen LogP contribution < -0.4 is 0 Å². The highest BCUT2D eigenvalue weighted by atomic mass is 32.2. The van der Waals surface area contributed by atoms with Crippen molar-refractivity contribution in [3.05, 3.63) is 30.0 Å². The summed E-state index contributed by atoms with van der Waals surface area (Å²) in [4.78, 5) is 16.2. The molecule has 1 aromatic heterocycles. The van der Waals surface area contributed by atoms with Crippen LogP contribution in [0.4, 0.5) is 0 Å². The molecule has 2 aromatic rings. The summed E-state index contributed by atoms with van der Waals surface area (Å²) in [6, 6.07) is 6.13. The molecule has 0 saturated heterocycles. The van der Waals surface area contributed by atoms with E-state index in [2.05, 4.69) is 24.0 Å². The van der Waals surface area contributed by atoms with Gasteiger partial charge in [-0.2, -0.15) is 0 Å². The summed E-state index contributed by atoms with van der Waals surface area (Å²) in [5.74, 6) is 0.0300. The summed E-state index contributed by atoms with van der Waals surface area (Å²) in [6.07, 6.45) is 2.01. The molecule has 0 fully saturated rings. The second kappa shape index (κ2) is 3.81. The van der Waals surface area contributed by atoms with Crippen molar-refractivity contribution in [2.24, 2.45) is 0 Å². The van der Waals surface area contributed by atoms with Crippen molar-refractivity contribution < 1.29 is 9.53 Å². The number of carbonyl (C=O) groups excluding carboxylic acids is 1. The van der Waals surface area contributed by atoms with Crippen LogP contribution in [-0.4, -0.2) is 23.3 Å². The Kier molecular flexibility index (Phi) is 2.40. The van der Waals surface area contributed by atoms with Gasteiger partial charge in [0.15, 0.2) is 0 Å². The lowest BCUT2D eigenvalue weighted by Gasteiger charge is -2.26. The summed E-state index contributed by atoms with van der Waals surface area (Å²) in [5, 5.41) is 1.11. The molecule has 88 valence electrons. The minimum Gasteiger partial charge on any atom is -0.468 e. The molecule has 0 amide bonds. The molecule has 0 aliphatic carbocycles. The Morgan fingerprint density at radius 2 is 2.29 bits per heavy atom. The third-order valence-corrected chi connectivity index (χ3v) is 4.78. The SMILES string of the molecule is COC(=O)[C@@H]1Sc2cccc3[nH]cc(c23)[C@H]1C. The first kappa shape index (κ1) is 10.7. The van der Waals surface area contributed by atoms with E-state index in [4.69, 9.17) is 4.74 Å². The minimum atomic E-state index is -0.147. The van der Waals surface area contributed by atoms with Gasteiger partial charge in [0.1, 0.15) is 5.25 Å². The fourth-order valence-electron chi connectivity index (χ4n) is 2.40. The molecule has 0 bridgehead atoms. The van der Waals surface area contributed by atoms with Gasteiger partial charge in [-0.25, -0.2) is 0 Å². The maximum Gasteiger partial charge on any atom is 0.319 e. The number of H-pyrrole nitrogens is 1. The minimum absolute atomic E-state index is 0.145. The zero-order valence-corrected chi connectivity index (χ0v) is 10.5. The van der Waals surface area contributed by atoms with E-state index in [1.807, 2.05) is 12.3 Å². The third kappa shape index (κ3) is 1.47. The lowest BCUT2D eigenvalue weighted by Crippen LogP contribution is -2.26. The van der Waals surface area contributed by atoms with E-state index in [0.717, 1.165) is 10.4 Å². The highest BCUT2D eigenvalue weighted by molar-refractivity contribution is 8.01. The second-order valence-electron chi connectivity index (χ2n) is 4.27. The van der Waals surface area contributed by atoms with Gasteiger partial charge in [-0.15, -0.1) is 11.8 Å². The Balaban J connectivity index is 2.16. The number of carbonyl (C=O) groups is 1. The highest BCUT2D eigenvalue weighted by Gasteiger charge is 2.34. The van der Waals surface area contributed by atoms with Crippen molar-refractivity contribution in [2.75, 3.05) is 7.11 Å². The van der Waals surface area contributed by atoms with Crippen LogP contribution in [0.3, 0.4) is 0 Å². The monoisotopic (exact) mass is 247 g/mol. The van der Waals surface area contributed by atoms with Gasteiger partial charge in [0.2, 0.25) is 0 Å². The fraction of sp³-hybridized carbons (Fsp3) is 0.308. The number of aromatic nitrogens is 1. The number of hydrogen-bond donors (Lipinski definition) is 1. The maximum absolute atomic E-state index is 11.8. The summed E-state index contributed by atoms with van der Waals surface area (Å²) in [7, 11) is 1.45. The molecule has 2 atom stereocenters. The van der Waals surface area contributed by atoms with Crippen molar-refractivity contribution in [3.63, 3.8) is 0 Å². The third-order valence-electron chi connectivity index (χ3n) is 3.33. The van der Waals surface area contributed by atoms with E-state index < -0.39 is 0 Å². The van der Waals surface area contributed by atoms with Gasteiger partial charge < -0.3 is 9.72 Å². The van der Waals surface area contributed by atoms with Crippen LogP contribution in [0.25, 0.3) is 10.9 Å². The van der Waals surface area contributed by atoms with E-state index in [0.29, 0.717) is 0 Å². The van der Waals surface area contributed by atoms with Crippen LogP contribution in [0.15, 0.2) is 29.3 Å².